The smallest absolute Gasteiger partial charge is 0.266 e. The van der Waals surface area contributed by atoms with Crippen molar-refractivity contribution < 1.29 is 4.79 Å². The molecule has 3 aromatic rings. The maximum atomic E-state index is 12.7. The van der Waals surface area contributed by atoms with Crippen molar-refractivity contribution in [2.45, 2.75) is 27.2 Å². The lowest BCUT2D eigenvalue weighted by Gasteiger charge is -2.09. The van der Waals surface area contributed by atoms with Crippen molar-refractivity contribution in [2.24, 2.45) is 0 Å². The van der Waals surface area contributed by atoms with Gasteiger partial charge in [0, 0.05) is 23.3 Å². The lowest BCUT2D eigenvalue weighted by Crippen LogP contribution is -2.14. The van der Waals surface area contributed by atoms with Gasteiger partial charge in [-0.05, 0) is 61.7 Å². The molecular weight excluding hydrogens is 348 g/mol. The van der Waals surface area contributed by atoms with E-state index >= 15 is 0 Å². The van der Waals surface area contributed by atoms with Crippen LogP contribution in [-0.2, 0) is 11.2 Å². The van der Waals surface area contributed by atoms with Gasteiger partial charge in [0.2, 0.25) is 0 Å². The molecule has 1 N–H and O–H groups in total. The first-order valence-corrected chi connectivity index (χ1v) is 9.16. The molecule has 0 aliphatic carbocycles. The number of benzene rings is 1. The highest BCUT2D eigenvalue weighted by atomic mass is 16.1. The fourth-order valence-electron chi connectivity index (χ4n) is 3.22. The van der Waals surface area contributed by atoms with E-state index in [4.69, 9.17) is 0 Å². The number of hydrogen-bond donors (Lipinski definition) is 1. The van der Waals surface area contributed by atoms with Gasteiger partial charge in [-0.1, -0.05) is 31.2 Å². The SMILES string of the molecule is CCc1ccccc1NC(=O)/C(C#N)=C\c1cc(C)n(-c2ccccn2)c1C. The molecule has 2 aromatic heterocycles. The standard InChI is InChI=1S/C23H22N4O/c1-4-18-9-5-6-10-21(18)26-23(28)20(15-24)14-19-13-16(2)27(17(19)3)22-11-7-8-12-25-22/h5-14H,4H2,1-3H3,(H,26,28)/b20-14-. The van der Waals surface area contributed by atoms with E-state index in [-0.39, 0.29) is 5.57 Å². The third kappa shape index (κ3) is 3.86. The molecule has 0 radical (unpaired) electrons. The number of nitriles is 1. The van der Waals surface area contributed by atoms with Crippen molar-refractivity contribution in [3.05, 3.63) is 82.8 Å². The van der Waals surface area contributed by atoms with Crippen LogP contribution in [0.15, 0.2) is 60.3 Å². The molecule has 0 saturated carbocycles. The molecule has 140 valence electrons. The molecule has 5 nitrogen and oxygen atoms in total. The zero-order valence-corrected chi connectivity index (χ0v) is 16.2. The van der Waals surface area contributed by atoms with Gasteiger partial charge in [-0.25, -0.2) is 4.98 Å². The molecule has 0 bridgehead atoms. The number of anilines is 1. The first-order valence-electron chi connectivity index (χ1n) is 9.16. The summed E-state index contributed by atoms with van der Waals surface area (Å²) in [4.78, 5) is 17.1. The van der Waals surface area contributed by atoms with Gasteiger partial charge in [0.1, 0.15) is 17.5 Å². The Morgan fingerprint density at radius 3 is 2.64 bits per heavy atom. The van der Waals surface area contributed by atoms with Crippen LogP contribution in [0.3, 0.4) is 0 Å². The molecule has 3 rings (SSSR count). The van der Waals surface area contributed by atoms with Crippen molar-refractivity contribution in [3.8, 4) is 11.9 Å². The molecule has 5 heteroatoms. The summed E-state index contributed by atoms with van der Waals surface area (Å²) in [7, 11) is 0. The Morgan fingerprint density at radius 1 is 1.21 bits per heavy atom. The van der Waals surface area contributed by atoms with Gasteiger partial charge >= 0.3 is 0 Å². The minimum atomic E-state index is -0.411. The van der Waals surface area contributed by atoms with E-state index in [2.05, 4.69) is 10.3 Å². The summed E-state index contributed by atoms with van der Waals surface area (Å²) in [5.74, 6) is 0.392. The quantitative estimate of drug-likeness (QED) is 0.527. The van der Waals surface area contributed by atoms with E-state index in [1.807, 2.05) is 79.9 Å². The van der Waals surface area contributed by atoms with E-state index < -0.39 is 5.91 Å². The van der Waals surface area contributed by atoms with Crippen LogP contribution in [0.1, 0.15) is 29.4 Å². The van der Waals surface area contributed by atoms with Crippen molar-refractivity contribution >= 4 is 17.7 Å². The zero-order valence-electron chi connectivity index (χ0n) is 16.2. The normalized spacial score (nSPS) is 11.1. The Morgan fingerprint density at radius 2 is 1.96 bits per heavy atom. The number of para-hydroxylation sites is 1. The highest BCUT2D eigenvalue weighted by Gasteiger charge is 2.15. The van der Waals surface area contributed by atoms with E-state index in [1.165, 1.54) is 0 Å². The van der Waals surface area contributed by atoms with Crippen LogP contribution in [0.4, 0.5) is 5.69 Å². The number of pyridine rings is 1. The Balaban J connectivity index is 1.93. The number of hydrogen-bond acceptors (Lipinski definition) is 3. The Hall–Kier alpha value is -3.65. The highest BCUT2D eigenvalue weighted by molar-refractivity contribution is 6.10. The van der Waals surface area contributed by atoms with Crippen molar-refractivity contribution in [2.75, 3.05) is 5.32 Å². The van der Waals surface area contributed by atoms with Crippen LogP contribution in [0, 0.1) is 25.2 Å². The topological polar surface area (TPSA) is 70.7 Å². The minimum absolute atomic E-state index is 0.0622. The molecule has 2 heterocycles. The predicted octanol–water partition coefficient (Wildman–Crippen LogP) is 4.60. The van der Waals surface area contributed by atoms with Crippen LogP contribution in [-0.4, -0.2) is 15.5 Å². The van der Waals surface area contributed by atoms with Crippen LogP contribution in [0.5, 0.6) is 0 Å². The Bertz CT molecular complexity index is 1070. The van der Waals surface area contributed by atoms with Gasteiger partial charge in [0.25, 0.3) is 5.91 Å². The van der Waals surface area contributed by atoms with E-state index in [0.29, 0.717) is 0 Å². The molecular formula is C23H22N4O. The lowest BCUT2D eigenvalue weighted by molar-refractivity contribution is -0.112. The second kappa shape index (κ2) is 8.36. The monoisotopic (exact) mass is 370 g/mol. The molecule has 0 fully saturated rings. The van der Waals surface area contributed by atoms with Crippen LogP contribution < -0.4 is 5.32 Å². The number of aromatic nitrogens is 2. The Kier molecular flexibility index (Phi) is 5.71. The van der Waals surface area contributed by atoms with Crippen LogP contribution >= 0.6 is 0 Å². The second-order valence-electron chi connectivity index (χ2n) is 6.48. The maximum absolute atomic E-state index is 12.7. The highest BCUT2D eigenvalue weighted by Crippen LogP contribution is 2.22. The molecule has 1 aromatic carbocycles. The van der Waals surface area contributed by atoms with Crippen molar-refractivity contribution in [1.29, 1.82) is 5.26 Å². The van der Waals surface area contributed by atoms with E-state index in [9.17, 15) is 10.1 Å². The summed E-state index contributed by atoms with van der Waals surface area (Å²) >= 11 is 0. The number of carbonyl (C=O) groups excluding carboxylic acids is 1. The third-order valence-electron chi connectivity index (χ3n) is 4.66. The molecule has 0 spiro atoms. The largest absolute Gasteiger partial charge is 0.321 e. The predicted molar refractivity (Wildman–Crippen MR) is 111 cm³/mol. The number of nitrogens with one attached hydrogen (secondary N) is 1. The average molecular weight is 370 g/mol. The molecule has 28 heavy (non-hydrogen) atoms. The summed E-state index contributed by atoms with van der Waals surface area (Å²) in [6.07, 6.45) is 4.17. The van der Waals surface area contributed by atoms with E-state index in [1.54, 1.807) is 12.3 Å². The molecule has 0 aliphatic heterocycles. The first kappa shape index (κ1) is 19.1. The van der Waals surface area contributed by atoms with Crippen molar-refractivity contribution in [3.63, 3.8) is 0 Å². The lowest BCUT2D eigenvalue weighted by atomic mass is 10.1. The number of rotatable bonds is 5. The molecule has 0 saturated heterocycles. The first-order chi connectivity index (χ1) is 13.5. The number of nitrogens with zero attached hydrogens (tertiary/aromatic N) is 3. The van der Waals surface area contributed by atoms with Gasteiger partial charge in [0.15, 0.2) is 0 Å². The number of amides is 1. The van der Waals surface area contributed by atoms with Gasteiger partial charge in [0.05, 0.1) is 0 Å². The van der Waals surface area contributed by atoms with Gasteiger partial charge in [-0.2, -0.15) is 5.26 Å². The van der Waals surface area contributed by atoms with Crippen LogP contribution in [0.2, 0.25) is 0 Å². The average Bonchev–Trinajstić information content (AvgIpc) is 3.00. The summed E-state index contributed by atoms with van der Waals surface area (Å²) < 4.78 is 2.01. The number of carbonyl (C=O) groups is 1. The maximum Gasteiger partial charge on any atom is 0.266 e. The number of aryl methyl sites for hydroxylation is 2. The third-order valence-corrected chi connectivity index (χ3v) is 4.66. The second-order valence-corrected chi connectivity index (χ2v) is 6.48. The molecule has 0 unspecified atom stereocenters. The fraction of sp³-hybridized carbons (Fsp3) is 0.174. The summed E-state index contributed by atoms with van der Waals surface area (Å²) in [6, 6.07) is 17.3. The molecule has 0 aliphatic rings. The molecule has 0 atom stereocenters. The zero-order chi connectivity index (χ0) is 20.1. The van der Waals surface area contributed by atoms with Gasteiger partial charge in [-0.3, -0.25) is 4.79 Å². The van der Waals surface area contributed by atoms with Crippen molar-refractivity contribution in [1.82, 2.24) is 9.55 Å². The van der Waals surface area contributed by atoms with Crippen LogP contribution in [0.25, 0.3) is 11.9 Å². The van der Waals surface area contributed by atoms with Gasteiger partial charge in [-0.15, -0.1) is 0 Å². The minimum Gasteiger partial charge on any atom is -0.321 e. The summed E-state index contributed by atoms with van der Waals surface area (Å²) in [6.45, 7) is 5.95. The fourth-order valence-corrected chi connectivity index (χ4v) is 3.22. The summed E-state index contributed by atoms with van der Waals surface area (Å²) in [5.41, 5.74) is 4.55. The Labute approximate surface area is 165 Å². The van der Waals surface area contributed by atoms with E-state index in [0.717, 1.165) is 40.4 Å². The summed E-state index contributed by atoms with van der Waals surface area (Å²) in [5, 5.41) is 12.4. The molecule has 1 amide bonds. The van der Waals surface area contributed by atoms with Gasteiger partial charge < -0.3 is 9.88 Å².